The van der Waals surface area contributed by atoms with Gasteiger partial charge >= 0.3 is 0 Å². The first kappa shape index (κ1) is 16.7. The molecule has 122 valence electrons. The Kier molecular flexibility index (Phi) is 5.05. The summed E-state index contributed by atoms with van der Waals surface area (Å²) in [5.74, 6) is 0.0128. The average Bonchev–Trinajstić information content (AvgIpc) is 2.86. The summed E-state index contributed by atoms with van der Waals surface area (Å²) in [7, 11) is -1.35. The lowest BCUT2D eigenvalue weighted by Crippen LogP contribution is -2.37. The van der Waals surface area contributed by atoms with E-state index in [-0.39, 0.29) is 23.5 Å². The summed E-state index contributed by atoms with van der Waals surface area (Å²) >= 11 is 0. The standard InChI is InChI=1S/C15H23N3O3S/c1-4-11(2)17-13-7-12(8-16-9-13)15(19)18(3)14-5-6-22(20,21)10-14/h7-9,11,14,17H,4-6,10H2,1-3H3. The highest BCUT2D eigenvalue weighted by molar-refractivity contribution is 7.91. The highest BCUT2D eigenvalue weighted by atomic mass is 32.2. The number of hydrogen-bond donors (Lipinski definition) is 1. The zero-order chi connectivity index (χ0) is 16.3. The highest BCUT2D eigenvalue weighted by Gasteiger charge is 2.33. The monoisotopic (exact) mass is 325 g/mol. The van der Waals surface area contributed by atoms with Crippen molar-refractivity contribution in [3.63, 3.8) is 0 Å². The van der Waals surface area contributed by atoms with Gasteiger partial charge in [-0.05, 0) is 25.8 Å². The fourth-order valence-corrected chi connectivity index (χ4v) is 4.25. The molecule has 1 amide bonds. The highest BCUT2D eigenvalue weighted by Crippen LogP contribution is 2.19. The smallest absolute Gasteiger partial charge is 0.255 e. The largest absolute Gasteiger partial charge is 0.381 e. The maximum absolute atomic E-state index is 12.5. The van der Waals surface area contributed by atoms with Gasteiger partial charge in [0.1, 0.15) is 0 Å². The van der Waals surface area contributed by atoms with Crippen molar-refractivity contribution in [2.45, 2.75) is 38.8 Å². The van der Waals surface area contributed by atoms with Crippen LogP contribution in [0, 0.1) is 0 Å². The summed E-state index contributed by atoms with van der Waals surface area (Å²) in [6.45, 7) is 4.14. The van der Waals surface area contributed by atoms with Crippen LogP contribution in [0.1, 0.15) is 37.0 Å². The first-order chi connectivity index (χ1) is 10.3. The second-order valence-corrected chi connectivity index (χ2v) is 8.12. The van der Waals surface area contributed by atoms with E-state index in [0.717, 1.165) is 12.1 Å². The van der Waals surface area contributed by atoms with Gasteiger partial charge in [0.2, 0.25) is 0 Å². The molecular formula is C15H23N3O3S. The van der Waals surface area contributed by atoms with Crippen LogP contribution in [0.5, 0.6) is 0 Å². The molecule has 0 aliphatic carbocycles. The van der Waals surface area contributed by atoms with Crippen molar-refractivity contribution in [1.82, 2.24) is 9.88 Å². The Labute approximate surface area is 131 Å². The Morgan fingerprint density at radius 1 is 1.50 bits per heavy atom. The second-order valence-electron chi connectivity index (χ2n) is 5.89. The number of aromatic nitrogens is 1. The summed E-state index contributed by atoms with van der Waals surface area (Å²) in [6.07, 6.45) is 4.67. The van der Waals surface area contributed by atoms with Gasteiger partial charge in [-0.25, -0.2) is 8.42 Å². The van der Waals surface area contributed by atoms with Crippen LogP contribution in [0.4, 0.5) is 5.69 Å². The van der Waals surface area contributed by atoms with Crippen molar-refractivity contribution in [2.75, 3.05) is 23.9 Å². The molecule has 0 spiro atoms. The van der Waals surface area contributed by atoms with Crippen LogP contribution < -0.4 is 5.32 Å². The molecule has 0 aromatic carbocycles. The van der Waals surface area contributed by atoms with Crippen molar-refractivity contribution in [3.8, 4) is 0 Å². The van der Waals surface area contributed by atoms with E-state index in [1.165, 1.54) is 11.1 Å². The van der Waals surface area contributed by atoms with E-state index in [9.17, 15) is 13.2 Å². The van der Waals surface area contributed by atoms with Gasteiger partial charge in [0, 0.05) is 31.5 Å². The second kappa shape index (κ2) is 6.64. The van der Waals surface area contributed by atoms with Gasteiger partial charge in [-0.1, -0.05) is 6.92 Å². The lowest BCUT2D eigenvalue weighted by molar-refractivity contribution is 0.0747. The third kappa shape index (κ3) is 3.97. The molecule has 1 N–H and O–H groups in total. The predicted molar refractivity (Wildman–Crippen MR) is 86.8 cm³/mol. The zero-order valence-electron chi connectivity index (χ0n) is 13.2. The topological polar surface area (TPSA) is 79.4 Å². The molecule has 2 rings (SSSR count). The lowest BCUT2D eigenvalue weighted by atomic mass is 10.1. The number of nitrogens with one attached hydrogen (secondary N) is 1. The van der Waals surface area contributed by atoms with Crippen LogP contribution in [-0.2, 0) is 9.84 Å². The maximum Gasteiger partial charge on any atom is 0.255 e. The first-order valence-corrected chi connectivity index (χ1v) is 9.33. The molecular weight excluding hydrogens is 302 g/mol. The van der Waals surface area contributed by atoms with E-state index in [0.29, 0.717) is 18.0 Å². The van der Waals surface area contributed by atoms with E-state index < -0.39 is 9.84 Å². The predicted octanol–water partition coefficient (Wildman–Crippen LogP) is 1.55. The van der Waals surface area contributed by atoms with E-state index in [2.05, 4.69) is 24.1 Å². The number of nitrogens with zero attached hydrogens (tertiary/aromatic N) is 2. The number of carbonyl (C=O) groups is 1. The van der Waals surface area contributed by atoms with Crippen LogP contribution in [-0.4, -0.2) is 54.8 Å². The Bertz CT molecular complexity index is 645. The van der Waals surface area contributed by atoms with Gasteiger partial charge in [-0.2, -0.15) is 0 Å². The van der Waals surface area contributed by atoms with Crippen molar-refractivity contribution in [2.24, 2.45) is 0 Å². The Morgan fingerprint density at radius 2 is 2.23 bits per heavy atom. The molecule has 7 heteroatoms. The number of carbonyl (C=O) groups excluding carboxylic acids is 1. The van der Waals surface area contributed by atoms with Crippen molar-refractivity contribution >= 4 is 21.4 Å². The van der Waals surface area contributed by atoms with Gasteiger partial charge in [0.15, 0.2) is 9.84 Å². The molecule has 2 unspecified atom stereocenters. The molecule has 1 saturated heterocycles. The SMILES string of the molecule is CCC(C)Nc1cncc(C(=O)N(C)C2CCS(=O)(=O)C2)c1. The van der Waals surface area contributed by atoms with Crippen LogP contribution in [0.3, 0.4) is 0 Å². The van der Waals surface area contributed by atoms with Crippen molar-refractivity contribution < 1.29 is 13.2 Å². The molecule has 6 nitrogen and oxygen atoms in total. The minimum absolute atomic E-state index is 0.0491. The fraction of sp³-hybridized carbons (Fsp3) is 0.600. The van der Waals surface area contributed by atoms with Crippen LogP contribution in [0.15, 0.2) is 18.5 Å². The van der Waals surface area contributed by atoms with Crippen LogP contribution in [0.25, 0.3) is 0 Å². The summed E-state index contributed by atoms with van der Waals surface area (Å²) in [5, 5.41) is 3.28. The molecule has 1 aliphatic rings. The summed E-state index contributed by atoms with van der Waals surface area (Å²) in [5.41, 5.74) is 1.27. The van der Waals surface area contributed by atoms with Gasteiger partial charge in [-0.15, -0.1) is 0 Å². The van der Waals surface area contributed by atoms with E-state index >= 15 is 0 Å². The molecule has 1 fully saturated rings. The van der Waals surface area contributed by atoms with Crippen molar-refractivity contribution in [3.05, 3.63) is 24.0 Å². The Balaban J connectivity index is 2.10. The molecule has 2 heterocycles. The van der Waals surface area contributed by atoms with E-state index in [1.807, 2.05) is 0 Å². The average molecular weight is 325 g/mol. The molecule has 0 bridgehead atoms. The molecule has 2 atom stereocenters. The number of hydrogen-bond acceptors (Lipinski definition) is 5. The number of sulfone groups is 1. The zero-order valence-corrected chi connectivity index (χ0v) is 14.1. The van der Waals surface area contributed by atoms with Crippen LogP contribution in [0.2, 0.25) is 0 Å². The van der Waals surface area contributed by atoms with Gasteiger partial charge in [-0.3, -0.25) is 9.78 Å². The molecule has 0 saturated carbocycles. The first-order valence-electron chi connectivity index (χ1n) is 7.51. The van der Waals surface area contributed by atoms with Crippen molar-refractivity contribution in [1.29, 1.82) is 0 Å². The molecule has 0 radical (unpaired) electrons. The quantitative estimate of drug-likeness (QED) is 0.888. The lowest BCUT2D eigenvalue weighted by Gasteiger charge is -2.23. The summed E-state index contributed by atoms with van der Waals surface area (Å²) < 4.78 is 23.1. The number of anilines is 1. The minimum atomic E-state index is -3.01. The van der Waals surface area contributed by atoms with Gasteiger partial charge in [0.25, 0.3) is 5.91 Å². The molecule has 1 aromatic heterocycles. The fourth-order valence-electron chi connectivity index (χ4n) is 2.47. The summed E-state index contributed by atoms with van der Waals surface area (Å²) in [4.78, 5) is 18.1. The number of amides is 1. The molecule has 1 aliphatic heterocycles. The summed E-state index contributed by atoms with van der Waals surface area (Å²) in [6, 6.07) is 1.81. The van der Waals surface area contributed by atoms with Gasteiger partial charge < -0.3 is 10.2 Å². The van der Waals surface area contributed by atoms with Gasteiger partial charge in [0.05, 0.1) is 22.8 Å². The molecule has 22 heavy (non-hydrogen) atoms. The maximum atomic E-state index is 12.5. The molecule has 1 aromatic rings. The van der Waals surface area contributed by atoms with E-state index in [4.69, 9.17) is 0 Å². The Morgan fingerprint density at radius 3 is 2.82 bits per heavy atom. The normalized spacial score (nSPS) is 21.3. The number of pyridine rings is 1. The minimum Gasteiger partial charge on any atom is -0.381 e. The third-order valence-electron chi connectivity index (χ3n) is 4.09. The Hall–Kier alpha value is -1.63. The number of rotatable bonds is 5. The van der Waals surface area contributed by atoms with E-state index in [1.54, 1.807) is 19.3 Å². The van der Waals surface area contributed by atoms with Crippen LogP contribution >= 0.6 is 0 Å². The third-order valence-corrected chi connectivity index (χ3v) is 5.84.